The minimum Gasteiger partial charge on any atom is -0.314 e. The van der Waals surface area contributed by atoms with Crippen LogP contribution in [0.15, 0.2) is 29.4 Å². The van der Waals surface area contributed by atoms with Gasteiger partial charge in [-0.3, -0.25) is 0 Å². The third-order valence-corrected chi connectivity index (χ3v) is 3.74. The van der Waals surface area contributed by atoms with Crippen molar-refractivity contribution in [1.82, 2.24) is 10.3 Å². The van der Waals surface area contributed by atoms with E-state index in [1.54, 1.807) is 0 Å². The highest BCUT2D eigenvalue weighted by Gasteiger charge is 2.11. The molecule has 0 bridgehead atoms. The molecule has 82 valence electrons. The SMILES string of the molecule is c1ccc(SCC[C@H]2CCCCN2)nc1. The molecule has 0 spiro atoms. The van der Waals surface area contributed by atoms with Crippen LogP contribution in [-0.4, -0.2) is 23.3 Å². The Bertz CT molecular complexity index is 270. The number of hydrogen-bond acceptors (Lipinski definition) is 3. The van der Waals surface area contributed by atoms with E-state index < -0.39 is 0 Å². The number of hydrogen-bond donors (Lipinski definition) is 1. The van der Waals surface area contributed by atoms with E-state index in [0.29, 0.717) is 0 Å². The average molecular weight is 222 g/mol. The molecule has 0 aromatic carbocycles. The first-order valence-corrected chi connectivity index (χ1v) is 6.71. The van der Waals surface area contributed by atoms with Crippen molar-refractivity contribution in [2.45, 2.75) is 36.8 Å². The van der Waals surface area contributed by atoms with Crippen molar-refractivity contribution in [3.8, 4) is 0 Å². The quantitative estimate of drug-likeness (QED) is 0.793. The van der Waals surface area contributed by atoms with Crippen LogP contribution < -0.4 is 5.32 Å². The van der Waals surface area contributed by atoms with Crippen molar-refractivity contribution in [3.63, 3.8) is 0 Å². The summed E-state index contributed by atoms with van der Waals surface area (Å²) in [5.41, 5.74) is 0. The fourth-order valence-corrected chi connectivity index (χ4v) is 2.83. The Kier molecular flexibility index (Phi) is 4.48. The van der Waals surface area contributed by atoms with Gasteiger partial charge < -0.3 is 5.32 Å². The fourth-order valence-electron chi connectivity index (χ4n) is 1.91. The van der Waals surface area contributed by atoms with Crippen molar-refractivity contribution in [2.75, 3.05) is 12.3 Å². The molecule has 1 aliphatic heterocycles. The lowest BCUT2D eigenvalue weighted by Crippen LogP contribution is -2.34. The van der Waals surface area contributed by atoms with Gasteiger partial charge in [-0.25, -0.2) is 4.98 Å². The number of rotatable bonds is 4. The highest BCUT2D eigenvalue weighted by molar-refractivity contribution is 7.99. The van der Waals surface area contributed by atoms with E-state index >= 15 is 0 Å². The Morgan fingerprint density at radius 1 is 1.40 bits per heavy atom. The molecule has 1 fully saturated rings. The Morgan fingerprint density at radius 3 is 3.13 bits per heavy atom. The van der Waals surface area contributed by atoms with Gasteiger partial charge in [0.25, 0.3) is 0 Å². The van der Waals surface area contributed by atoms with Gasteiger partial charge in [0.1, 0.15) is 0 Å². The fraction of sp³-hybridized carbons (Fsp3) is 0.583. The highest BCUT2D eigenvalue weighted by atomic mass is 32.2. The van der Waals surface area contributed by atoms with Crippen molar-refractivity contribution >= 4 is 11.8 Å². The summed E-state index contributed by atoms with van der Waals surface area (Å²) in [5, 5.41) is 4.72. The second-order valence-electron chi connectivity index (χ2n) is 3.95. The summed E-state index contributed by atoms with van der Waals surface area (Å²) in [6, 6.07) is 6.84. The topological polar surface area (TPSA) is 24.9 Å². The molecule has 2 rings (SSSR count). The first-order chi connectivity index (χ1) is 7.45. The van der Waals surface area contributed by atoms with Crippen LogP contribution in [0.2, 0.25) is 0 Å². The molecule has 0 aliphatic carbocycles. The van der Waals surface area contributed by atoms with Crippen molar-refractivity contribution in [1.29, 1.82) is 0 Å². The van der Waals surface area contributed by atoms with Crippen molar-refractivity contribution in [3.05, 3.63) is 24.4 Å². The molecule has 2 heterocycles. The van der Waals surface area contributed by atoms with Crippen LogP contribution in [0.1, 0.15) is 25.7 Å². The zero-order chi connectivity index (χ0) is 10.3. The monoisotopic (exact) mass is 222 g/mol. The molecule has 0 saturated carbocycles. The van der Waals surface area contributed by atoms with Gasteiger partial charge in [-0.2, -0.15) is 0 Å². The standard InChI is InChI=1S/C12H18N2S/c1-3-8-13-11(5-1)7-10-15-12-6-2-4-9-14-12/h2,4,6,9,11,13H,1,3,5,7-8,10H2/t11-/m1/s1. The first-order valence-electron chi connectivity index (χ1n) is 5.72. The maximum atomic E-state index is 4.30. The van der Waals surface area contributed by atoms with Crippen LogP contribution in [-0.2, 0) is 0 Å². The van der Waals surface area contributed by atoms with Crippen molar-refractivity contribution < 1.29 is 0 Å². The van der Waals surface area contributed by atoms with E-state index in [0.717, 1.165) is 11.1 Å². The Balaban J connectivity index is 1.66. The van der Waals surface area contributed by atoms with Gasteiger partial charge in [0, 0.05) is 18.0 Å². The number of nitrogens with zero attached hydrogens (tertiary/aromatic N) is 1. The third kappa shape index (κ3) is 3.84. The van der Waals surface area contributed by atoms with Crippen LogP contribution in [0.25, 0.3) is 0 Å². The molecular formula is C12H18N2S. The summed E-state index contributed by atoms with van der Waals surface area (Å²) in [5.74, 6) is 1.18. The predicted molar refractivity (Wildman–Crippen MR) is 65.2 cm³/mol. The molecular weight excluding hydrogens is 204 g/mol. The summed E-state index contributed by atoms with van der Waals surface area (Å²) in [7, 11) is 0. The smallest absolute Gasteiger partial charge is 0.0959 e. The molecule has 3 heteroatoms. The first kappa shape index (κ1) is 11.0. The van der Waals surface area contributed by atoms with Crippen LogP contribution in [0.5, 0.6) is 0 Å². The third-order valence-electron chi connectivity index (χ3n) is 2.77. The largest absolute Gasteiger partial charge is 0.314 e. The molecule has 1 atom stereocenters. The molecule has 1 aromatic heterocycles. The second kappa shape index (κ2) is 6.13. The lowest BCUT2D eigenvalue weighted by molar-refractivity contribution is 0.394. The van der Waals surface area contributed by atoms with E-state index in [9.17, 15) is 0 Å². The van der Waals surface area contributed by atoms with Crippen LogP contribution >= 0.6 is 11.8 Å². The van der Waals surface area contributed by atoms with Gasteiger partial charge in [-0.05, 0) is 37.9 Å². The normalized spacial score (nSPS) is 21.5. The molecule has 1 N–H and O–H groups in total. The lowest BCUT2D eigenvalue weighted by Gasteiger charge is -2.22. The molecule has 1 aromatic rings. The summed E-state index contributed by atoms with van der Waals surface area (Å²) in [6.07, 6.45) is 7.22. The summed E-state index contributed by atoms with van der Waals surface area (Å²) < 4.78 is 0. The molecule has 0 amide bonds. The average Bonchev–Trinajstić information content (AvgIpc) is 2.32. The van der Waals surface area contributed by atoms with E-state index in [1.165, 1.54) is 38.0 Å². The van der Waals surface area contributed by atoms with E-state index in [2.05, 4.69) is 16.4 Å². The zero-order valence-corrected chi connectivity index (χ0v) is 9.80. The minimum absolute atomic E-state index is 0.745. The molecule has 2 nitrogen and oxygen atoms in total. The molecule has 15 heavy (non-hydrogen) atoms. The van der Waals surface area contributed by atoms with Gasteiger partial charge in [-0.1, -0.05) is 12.5 Å². The van der Waals surface area contributed by atoms with Gasteiger partial charge in [0.15, 0.2) is 0 Å². The minimum atomic E-state index is 0.745. The molecule has 1 aliphatic rings. The van der Waals surface area contributed by atoms with Crippen molar-refractivity contribution in [2.24, 2.45) is 0 Å². The van der Waals surface area contributed by atoms with Crippen LogP contribution in [0, 0.1) is 0 Å². The Labute approximate surface area is 95.9 Å². The number of thioether (sulfide) groups is 1. The van der Waals surface area contributed by atoms with Gasteiger partial charge in [0.2, 0.25) is 0 Å². The maximum Gasteiger partial charge on any atom is 0.0959 e. The zero-order valence-electron chi connectivity index (χ0n) is 8.98. The summed E-state index contributed by atoms with van der Waals surface area (Å²) >= 11 is 1.86. The summed E-state index contributed by atoms with van der Waals surface area (Å²) in [4.78, 5) is 4.30. The molecule has 0 unspecified atom stereocenters. The maximum absolute atomic E-state index is 4.30. The van der Waals surface area contributed by atoms with E-state index in [1.807, 2.05) is 30.1 Å². The van der Waals surface area contributed by atoms with Crippen LogP contribution in [0.3, 0.4) is 0 Å². The Hall–Kier alpha value is -0.540. The van der Waals surface area contributed by atoms with Gasteiger partial charge in [-0.15, -0.1) is 11.8 Å². The number of nitrogens with one attached hydrogen (secondary N) is 1. The second-order valence-corrected chi connectivity index (χ2v) is 5.07. The highest BCUT2D eigenvalue weighted by Crippen LogP contribution is 2.18. The van der Waals surface area contributed by atoms with Crippen LogP contribution in [0.4, 0.5) is 0 Å². The van der Waals surface area contributed by atoms with E-state index in [-0.39, 0.29) is 0 Å². The number of aromatic nitrogens is 1. The van der Waals surface area contributed by atoms with Gasteiger partial charge >= 0.3 is 0 Å². The lowest BCUT2D eigenvalue weighted by atomic mass is 10.0. The molecule has 1 saturated heterocycles. The number of pyridine rings is 1. The number of piperidine rings is 1. The molecule has 0 radical (unpaired) electrons. The summed E-state index contributed by atoms with van der Waals surface area (Å²) in [6.45, 7) is 1.21. The predicted octanol–water partition coefficient (Wildman–Crippen LogP) is 2.71. The van der Waals surface area contributed by atoms with Gasteiger partial charge in [0.05, 0.1) is 5.03 Å². The van der Waals surface area contributed by atoms with E-state index in [4.69, 9.17) is 0 Å². The Morgan fingerprint density at radius 2 is 2.40 bits per heavy atom.